The molecule has 6 heteroatoms. The van der Waals surface area contributed by atoms with E-state index in [0.717, 1.165) is 14.4 Å². The van der Waals surface area contributed by atoms with Crippen LogP contribution in [0.25, 0.3) is 0 Å². The van der Waals surface area contributed by atoms with Crippen molar-refractivity contribution in [3.8, 4) is 0 Å². The van der Waals surface area contributed by atoms with E-state index in [1.165, 1.54) is 14.1 Å². The van der Waals surface area contributed by atoms with Gasteiger partial charge >= 0.3 is 6.03 Å². The van der Waals surface area contributed by atoms with Crippen LogP contribution in [0, 0.1) is 0 Å². The van der Waals surface area contributed by atoms with Gasteiger partial charge in [0.05, 0.1) is 0 Å². The normalized spacial score (nSPS) is 18.9. The van der Waals surface area contributed by atoms with Crippen LogP contribution in [-0.2, 0) is 4.79 Å². The summed E-state index contributed by atoms with van der Waals surface area (Å²) in [6.07, 6.45) is 0. The van der Waals surface area contributed by atoms with Crippen molar-refractivity contribution in [3.63, 3.8) is 0 Å². The molecule has 1 heterocycles. The van der Waals surface area contributed by atoms with Crippen molar-refractivity contribution in [1.29, 1.82) is 0 Å². The third kappa shape index (κ3) is 1.29. The lowest BCUT2D eigenvalue weighted by molar-refractivity contribution is -0.124. The van der Waals surface area contributed by atoms with Crippen LogP contribution in [0.3, 0.4) is 0 Å². The van der Waals surface area contributed by atoms with Gasteiger partial charge in [0.1, 0.15) is 6.54 Å². The number of rotatable bonds is 1. The summed E-state index contributed by atoms with van der Waals surface area (Å²) < 4.78 is 1.07. The van der Waals surface area contributed by atoms with E-state index in [1.807, 2.05) is 0 Å². The smallest absolute Gasteiger partial charge is 0.272 e. The predicted octanol–water partition coefficient (Wildman–Crippen LogP) is -0.119. The van der Waals surface area contributed by atoms with Gasteiger partial charge in [-0.05, 0) is 11.8 Å². The van der Waals surface area contributed by atoms with E-state index >= 15 is 0 Å². The lowest BCUT2D eigenvalue weighted by atomic mass is 10.6. The van der Waals surface area contributed by atoms with Gasteiger partial charge in [-0.3, -0.25) is 9.69 Å². The fraction of sp³-hybridized carbons (Fsp3) is 0.600. The number of carbonyl (C=O) groups excluding carboxylic acids is 2. The van der Waals surface area contributed by atoms with Crippen molar-refractivity contribution in [2.45, 2.75) is 0 Å². The third-order valence-corrected chi connectivity index (χ3v) is 1.68. The first-order chi connectivity index (χ1) is 5.04. The fourth-order valence-electron chi connectivity index (χ4n) is 0.797. The molecule has 0 aromatic carbocycles. The van der Waals surface area contributed by atoms with Crippen molar-refractivity contribution in [1.82, 2.24) is 14.4 Å². The van der Waals surface area contributed by atoms with Gasteiger partial charge in [0.15, 0.2) is 0 Å². The van der Waals surface area contributed by atoms with Gasteiger partial charge in [-0.25, -0.2) is 9.80 Å². The van der Waals surface area contributed by atoms with Crippen LogP contribution in [0.15, 0.2) is 0 Å². The summed E-state index contributed by atoms with van der Waals surface area (Å²) in [6, 6.07) is -0.396. The first-order valence-corrected chi connectivity index (χ1v) is 3.35. The Morgan fingerprint density at radius 1 is 1.55 bits per heavy atom. The zero-order chi connectivity index (χ0) is 8.59. The molecular weight excluding hydrogens is 170 g/mol. The molecular formula is C5H8ClN3O2. The molecule has 1 rings (SSSR count). The zero-order valence-electron chi connectivity index (χ0n) is 6.24. The maximum atomic E-state index is 11.1. The van der Waals surface area contributed by atoms with Gasteiger partial charge in [-0.1, -0.05) is 0 Å². The first kappa shape index (κ1) is 8.29. The molecule has 3 amide bonds. The minimum absolute atomic E-state index is 0.0231. The van der Waals surface area contributed by atoms with Crippen molar-refractivity contribution in [2.75, 3.05) is 20.6 Å². The SMILES string of the molecule is CN1C(=O)CN(N(C)Cl)C1=O. The minimum Gasteiger partial charge on any atom is -0.272 e. The van der Waals surface area contributed by atoms with Gasteiger partial charge in [0.2, 0.25) is 0 Å². The average Bonchev–Trinajstić information content (AvgIpc) is 2.17. The molecule has 0 bridgehead atoms. The number of urea groups is 1. The Kier molecular flexibility index (Phi) is 2.01. The standard InChI is InChI=1S/C5H8ClN3O2/c1-7-4(10)3-9(5(7)11)8(2)6/h3H2,1-2H3. The second-order valence-corrected chi connectivity index (χ2v) is 2.73. The van der Waals surface area contributed by atoms with E-state index in [1.54, 1.807) is 0 Å². The molecule has 0 aromatic heterocycles. The highest BCUT2D eigenvalue weighted by atomic mass is 35.5. The van der Waals surface area contributed by atoms with Crippen LogP contribution in [0.4, 0.5) is 4.79 Å². The molecule has 0 radical (unpaired) electrons. The lowest BCUT2D eigenvalue weighted by Gasteiger charge is -2.18. The molecule has 0 atom stereocenters. The molecule has 0 unspecified atom stereocenters. The summed E-state index contributed by atoms with van der Waals surface area (Å²) >= 11 is 5.47. The van der Waals surface area contributed by atoms with E-state index in [2.05, 4.69) is 0 Å². The van der Waals surface area contributed by atoms with Gasteiger partial charge in [-0.2, -0.15) is 0 Å². The summed E-state index contributed by atoms with van der Waals surface area (Å²) in [5.41, 5.74) is 0. The van der Waals surface area contributed by atoms with Crippen LogP contribution in [0.2, 0.25) is 0 Å². The molecule has 0 spiro atoms. The number of likely N-dealkylation sites (N-methyl/N-ethyl adjacent to an activating group) is 1. The number of hydrogen-bond acceptors (Lipinski definition) is 3. The number of carbonyl (C=O) groups is 2. The predicted molar refractivity (Wildman–Crippen MR) is 38.5 cm³/mol. The van der Waals surface area contributed by atoms with Crippen LogP contribution in [0.5, 0.6) is 0 Å². The number of hydrogen-bond donors (Lipinski definition) is 0. The molecule has 5 nitrogen and oxygen atoms in total. The zero-order valence-corrected chi connectivity index (χ0v) is 7.00. The van der Waals surface area contributed by atoms with E-state index < -0.39 is 6.03 Å². The maximum Gasteiger partial charge on any atom is 0.342 e. The molecule has 1 fully saturated rings. The summed E-state index contributed by atoms with van der Waals surface area (Å²) in [5, 5.41) is 1.14. The Labute approximate surface area is 69.2 Å². The number of halogens is 1. The van der Waals surface area contributed by atoms with Crippen LogP contribution in [0.1, 0.15) is 0 Å². The molecule has 1 saturated heterocycles. The monoisotopic (exact) mass is 177 g/mol. The van der Waals surface area contributed by atoms with Crippen molar-refractivity contribution in [2.24, 2.45) is 0 Å². The van der Waals surface area contributed by atoms with Crippen molar-refractivity contribution < 1.29 is 9.59 Å². The largest absolute Gasteiger partial charge is 0.342 e. The lowest BCUT2D eigenvalue weighted by Crippen LogP contribution is -2.36. The number of hydrazine groups is 1. The number of amides is 3. The van der Waals surface area contributed by atoms with E-state index in [4.69, 9.17) is 11.8 Å². The molecule has 0 aliphatic carbocycles. The maximum absolute atomic E-state index is 11.1. The van der Waals surface area contributed by atoms with Gasteiger partial charge in [-0.15, -0.1) is 4.53 Å². The molecule has 1 aliphatic heterocycles. The van der Waals surface area contributed by atoms with Gasteiger partial charge in [0.25, 0.3) is 5.91 Å². The molecule has 62 valence electrons. The summed E-state index contributed by atoms with van der Waals surface area (Å²) in [4.78, 5) is 23.0. The molecule has 1 aliphatic rings. The Hall–Kier alpha value is -0.810. The minimum atomic E-state index is -0.396. The second-order valence-electron chi connectivity index (χ2n) is 2.24. The Morgan fingerprint density at radius 2 is 2.09 bits per heavy atom. The number of imide groups is 1. The average molecular weight is 178 g/mol. The highest BCUT2D eigenvalue weighted by Crippen LogP contribution is 2.10. The first-order valence-electron chi connectivity index (χ1n) is 3.01. The molecule has 0 saturated carbocycles. The fourth-order valence-corrected chi connectivity index (χ4v) is 0.915. The Bertz CT molecular complexity index is 206. The Balaban J connectivity index is 2.75. The topological polar surface area (TPSA) is 43.9 Å². The van der Waals surface area contributed by atoms with E-state index in [0.29, 0.717) is 0 Å². The molecule has 0 N–H and O–H groups in total. The quantitative estimate of drug-likeness (QED) is 0.415. The summed E-state index contributed by atoms with van der Waals surface area (Å²) in [7, 11) is 2.91. The van der Waals surface area contributed by atoms with Gasteiger partial charge in [0, 0.05) is 14.1 Å². The number of nitrogens with zero attached hydrogens (tertiary/aromatic N) is 3. The van der Waals surface area contributed by atoms with Crippen LogP contribution in [-0.4, -0.2) is 47.0 Å². The Morgan fingerprint density at radius 3 is 2.27 bits per heavy atom. The summed E-state index contributed by atoms with van der Waals surface area (Å²) in [6.45, 7) is 0.0231. The third-order valence-electron chi connectivity index (χ3n) is 1.50. The highest BCUT2D eigenvalue weighted by Gasteiger charge is 2.35. The highest BCUT2D eigenvalue weighted by molar-refractivity contribution is 6.14. The summed E-state index contributed by atoms with van der Waals surface area (Å²) in [5.74, 6) is -0.248. The van der Waals surface area contributed by atoms with Crippen LogP contribution < -0.4 is 0 Å². The van der Waals surface area contributed by atoms with E-state index in [9.17, 15) is 9.59 Å². The van der Waals surface area contributed by atoms with Crippen molar-refractivity contribution in [3.05, 3.63) is 0 Å². The van der Waals surface area contributed by atoms with Gasteiger partial charge < -0.3 is 0 Å². The second kappa shape index (κ2) is 2.67. The molecule has 0 aromatic rings. The van der Waals surface area contributed by atoms with E-state index in [-0.39, 0.29) is 12.5 Å². The van der Waals surface area contributed by atoms with Crippen molar-refractivity contribution >= 4 is 23.7 Å². The molecule has 11 heavy (non-hydrogen) atoms. The van der Waals surface area contributed by atoms with Crippen LogP contribution >= 0.6 is 11.8 Å².